The highest BCUT2D eigenvalue weighted by Crippen LogP contribution is 2.41. The molecule has 22 heavy (non-hydrogen) atoms. The second-order valence-corrected chi connectivity index (χ2v) is 7.14. The van der Waals surface area contributed by atoms with Gasteiger partial charge in [0.05, 0.1) is 11.5 Å². The number of nitrogens with one attached hydrogen (secondary N) is 1. The maximum Gasteiger partial charge on any atom is 0.0824 e. The van der Waals surface area contributed by atoms with Gasteiger partial charge in [-0.1, -0.05) is 23.7 Å². The summed E-state index contributed by atoms with van der Waals surface area (Å²) in [5.41, 5.74) is 0.749. The quantitative estimate of drug-likeness (QED) is 0.929. The summed E-state index contributed by atoms with van der Waals surface area (Å²) in [6.07, 6.45) is 5.34. The van der Waals surface area contributed by atoms with Gasteiger partial charge in [0.25, 0.3) is 0 Å². The van der Waals surface area contributed by atoms with Crippen LogP contribution in [0.3, 0.4) is 0 Å². The molecule has 0 spiro atoms. The van der Waals surface area contributed by atoms with Gasteiger partial charge in [-0.15, -0.1) is 0 Å². The van der Waals surface area contributed by atoms with Crippen LogP contribution in [0.5, 0.6) is 0 Å². The van der Waals surface area contributed by atoms with Gasteiger partial charge in [0.1, 0.15) is 0 Å². The molecule has 0 bridgehead atoms. The number of rotatable bonds is 3. The zero-order valence-corrected chi connectivity index (χ0v) is 13.9. The molecule has 2 fully saturated rings. The van der Waals surface area contributed by atoms with Crippen LogP contribution in [0.15, 0.2) is 24.3 Å². The van der Waals surface area contributed by atoms with Crippen LogP contribution in [-0.4, -0.2) is 37.1 Å². The Bertz CT molecular complexity index is 558. The monoisotopic (exact) mass is 317 g/mol. The number of benzene rings is 1. The van der Waals surface area contributed by atoms with Crippen molar-refractivity contribution < 1.29 is 0 Å². The van der Waals surface area contributed by atoms with Crippen molar-refractivity contribution in [1.82, 2.24) is 10.2 Å². The SMILES string of the molecule is CNC1CCN(C2CCC(C#N)(c3cccc(Cl)c3)CC2)C1. The highest BCUT2D eigenvalue weighted by Gasteiger charge is 2.39. The molecule has 1 aliphatic heterocycles. The second-order valence-electron chi connectivity index (χ2n) is 6.70. The van der Waals surface area contributed by atoms with Crippen molar-refractivity contribution in [3.05, 3.63) is 34.9 Å². The third-order valence-corrected chi connectivity index (χ3v) is 5.78. The van der Waals surface area contributed by atoms with Crippen LogP contribution < -0.4 is 5.32 Å². The van der Waals surface area contributed by atoms with E-state index in [2.05, 4.69) is 29.4 Å². The van der Waals surface area contributed by atoms with Crippen LogP contribution in [0.2, 0.25) is 5.02 Å². The van der Waals surface area contributed by atoms with E-state index >= 15 is 0 Å². The number of likely N-dealkylation sites (tertiary alicyclic amines) is 1. The molecule has 1 unspecified atom stereocenters. The average molecular weight is 318 g/mol. The molecule has 1 atom stereocenters. The van der Waals surface area contributed by atoms with Gasteiger partial charge in [-0.3, -0.25) is 4.90 Å². The zero-order valence-electron chi connectivity index (χ0n) is 13.2. The lowest BCUT2D eigenvalue weighted by molar-refractivity contribution is 0.163. The van der Waals surface area contributed by atoms with E-state index < -0.39 is 0 Å². The number of nitrogens with zero attached hydrogens (tertiary/aromatic N) is 2. The van der Waals surface area contributed by atoms with Crippen molar-refractivity contribution >= 4 is 11.6 Å². The van der Waals surface area contributed by atoms with E-state index in [1.807, 2.05) is 18.2 Å². The van der Waals surface area contributed by atoms with Crippen molar-refractivity contribution in [1.29, 1.82) is 5.26 Å². The van der Waals surface area contributed by atoms with Crippen molar-refractivity contribution in [2.24, 2.45) is 0 Å². The van der Waals surface area contributed by atoms with Gasteiger partial charge >= 0.3 is 0 Å². The Morgan fingerprint density at radius 2 is 2.09 bits per heavy atom. The molecule has 1 N–H and O–H groups in total. The molecule has 1 aromatic rings. The standard InChI is InChI=1S/C18H24ClN3/c1-21-16-7-10-22(12-16)17-5-8-18(13-20,9-6-17)14-3-2-4-15(19)11-14/h2-4,11,16-17,21H,5-10,12H2,1H3. The van der Waals surface area contributed by atoms with Gasteiger partial charge < -0.3 is 5.32 Å². The van der Waals surface area contributed by atoms with Crippen LogP contribution in [0.1, 0.15) is 37.7 Å². The largest absolute Gasteiger partial charge is 0.316 e. The first-order chi connectivity index (χ1) is 10.7. The predicted molar refractivity (Wildman–Crippen MR) is 90.0 cm³/mol. The molecular formula is C18H24ClN3. The number of hydrogen-bond donors (Lipinski definition) is 1. The van der Waals surface area contributed by atoms with E-state index in [0.717, 1.165) is 42.8 Å². The minimum absolute atomic E-state index is 0.344. The van der Waals surface area contributed by atoms with E-state index in [0.29, 0.717) is 12.1 Å². The molecule has 1 heterocycles. The molecule has 0 radical (unpaired) electrons. The Morgan fingerprint density at radius 1 is 1.32 bits per heavy atom. The maximum atomic E-state index is 9.80. The summed E-state index contributed by atoms with van der Waals surface area (Å²) in [6, 6.07) is 11.7. The number of nitriles is 1. The van der Waals surface area contributed by atoms with Gasteiger partial charge in [-0.25, -0.2) is 0 Å². The Balaban J connectivity index is 1.68. The lowest BCUT2D eigenvalue weighted by Gasteiger charge is -2.39. The van der Waals surface area contributed by atoms with Crippen molar-refractivity contribution in [3.63, 3.8) is 0 Å². The Labute approximate surface area is 138 Å². The summed E-state index contributed by atoms with van der Waals surface area (Å²) in [5.74, 6) is 0. The van der Waals surface area contributed by atoms with E-state index in [1.165, 1.54) is 13.0 Å². The molecular weight excluding hydrogens is 294 g/mol. The van der Waals surface area contributed by atoms with Crippen LogP contribution >= 0.6 is 11.6 Å². The second kappa shape index (κ2) is 6.58. The zero-order chi connectivity index (χ0) is 15.6. The molecule has 1 saturated carbocycles. The van der Waals surface area contributed by atoms with Crippen LogP contribution in [-0.2, 0) is 5.41 Å². The van der Waals surface area contributed by atoms with E-state index in [1.54, 1.807) is 0 Å². The maximum absolute atomic E-state index is 9.80. The van der Waals surface area contributed by atoms with Gasteiger partial charge in [0.15, 0.2) is 0 Å². The minimum Gasteiger partial charge on any atom is -0.316 e. The minimum atomic E-state index is -0.344. The van der Waals surface area contributed by atoms with Gasteiger partial charge in [0, 0.05) is 30.2 Å². The predicted octanol–water partition coefficient (Wildman–Crippen LogP) is 3.34. The molecule has 0 amide bonds. The van der Waals surface area contributed by atoms with Gasteiger partial charge in [-0.05, 0) is 56.8 Å². The fraction of sp³-hybridized carbons (Fsp3) is 0.611. The lowest BCUT2D eigenvalue weighted by Crippen LogP contribution is -2.42. The van der Waals surface area contributed by atoms with Crippen molar-refractivity contribution in [2.75, 3.05) is 20.1 Å². The first-order valence-electron chi connectivity index (χ1n) is 8.25. The Hall–Kier alpha value is -1.08. The fourth-order valence-corrected chi connectivity index (χ4v) is 4.26. The first-order valence-corrected chi connectivity index (χ1v) is 8.63. The molecule has 1 aliphatic carbocycles. The van der Waals surface area contributed by atoms with E-state index in [-0.39, 0.29) is 5.41 Å². The van der Waals surface area contributed by atoms with Crippen LogP contribution in [0.4, 0.5) is 0 Å². The molecule has 3 nitrogen and oxygen atoms in total. The summed E-state index contributed by atoms with van der Waals surface area (Å²) >= 11 is 6.12. The van der Waals surface area contributed by atoms with Crippen molar-refractivity contribution in [2.45, 2.75) is 49.6 Å². The van der Waals surface area contributed by atoms with Crippen LogP contribution in [0, 0.1) is 11.3 Å². The normalized spacial score (nSPS) is 32.8. The smallest absolute Gasteiger partial charge is 0.0824 e. The topological polar surface area (TPSA) is 39.1 Å². The summed E-state index contributed by atoms with van der Waals surface area (Å²) in [4.78, 5) is 2.61. The molecule has 2 aliphatic rings. The van der Waals surface area contributed by atoms with Gasteiger partial charge in [0.2, 0.25) is 0 Å². The number of halogens is 1. The summed E-state index contributed by atoms with van der Waals surface area (Å²) in [7, 11) is 2.05. The fourth-order valence-electron chi connectivity index (χ4n) is 4.07. The molecule has 0 aromatic heterocycles. The van der Waals surface area contributed by atoms with Crippen LogP contribution in [0.25, 0.3) is 0 Å². The Morgan fingerprint density at radius 3 is 2.68 bits per heavy atom. The van der Waals surface area contributed by atoms with Gasteiger partial charge in [-0.2, -0.15) is 5.26 Å². The third-order valence-electron chi connectivity index (χ3n) is 5.54. The molecule has 118 valence electrons. The first kappa shape index (κ1) is 15.8. The van der Waals surface area contributed by atoms with E-state index in [9.17, 15) is 5.26 Å². The average Bonchev–Trinajstić information content (AvgIpc) is 3.04. The van der Waals surface area contributed by atoms with E-state index in [4.69, 9.17) is 11.6 Å². The number of hydrogen-bond acceptors (Lipinski definition) is 3. The molecule has 4 heteroatoms. The van der Waals surface area contributed by atoms with Crippen molar-refractivity contribution in [3.8, 4) is 6.07 Å². The molecule has 1 aromatic carbocycles. The Kier molecular flexibility index (Phi) is 4.73. The number of likely N-dealkylation sites (N-methyl/N-ethyl adjacent to an activating group) is 1. The summed E-state index contributed by atoms with van der Waals surface area (Å²) in [6.45, 7) is 2.34. The highest BCUT2D eigenvalue weighted by molar-refractivity contribution is 6.30. The molecule has 3 rings (SSSR count). The third kappa shape index (κ3) is 3.01. The lowest BCUT2D eigenvalue weighted by atomic mass is 9.69. The molecule has 1 saturated heterocycles. The summed E-state index contributed by atoms with van der Waals surface area (Å²) < 4.78 is 0. The highest BCUT2D eigenvalue weighted by atomic mass is 35.5. The summed E-state index contributed by atoms with van der Waals surface area (Å²) in [5, 5.41) is 13.9.